The van der Waals surface area contributed by atoms with Crippen LogP contribution in [0.3, 0.4) is 0 Å². The van der Waals surface area contributed by atoms with Gasteiger partial charge in [-0.3, -0.25) is 4.98 Å². The molecule has 2 aromatic rings. The Bertz CT molecular complexity index is 713. The molecule has 0 atom stereocenters. The zero-order chi connectivity index (χ0) is 17.0. The van der Waals surface area contributed by atoms with Gasteiger partial charge in [0.2, 0.25) is 0 Å². The van der Waals surface area contributed by atoms with Gasteiger partial charge in [0, 0.05) is 18.2 Å². The Hall–Kier alpha value is -2.50. The summed E-state index contributed by atoms with van der Waals surface area (Å²) in [6, 6.07) is 6.72. The monoisotopic (exact) mass is 328 g/mol. The van der Waals surface area contributed by atoms with Crippen molar-refractivity contribution in [3.63, 3.8) is 0 Å². The van der Waals surface area contributed by atoms with Crippen LogP contribution < -0.4 is 5.32 Å². The number of nitrogens with zero attached hydrogens (tertiary/aromatic N) is 3. The fraction of sp³-hybridized carbons (Fsp3) is 0.389. The molecule has 126 valence electrons. The molecule has 1 fully saturated rings. The third kappa shape index (κ3) is 3.22. The first-order valence-electron chi connectivity index (χ1n) is 8.15. The molecular formula is C18H21FN4O. The van der Waals surface area contributed by atoms with Crippen molar-refractivity contribution in [2.24, 2.45) is 0 Å². The van der Waals surface area contributed by atoms with Crippen LogP contribution in [-0.4, -0.2) is 28.3 Å². The molecule has 0 radical (unpaired) electrons. The predicted octanol–water partition coefficient (Wildman–Crippen LogP) is 3.55. The second-order valence-corrected chi connectivity index (χ2v) is 5.98. The van der Waals surface area contributed by atoms with Crippen molar-refractivity contribution in [3.8, 4) is 0 Å². The van der Waals surface area contributed by atoms with Gasteiger partial charge in [0.15, 0.2) is 0 Å². The van der Waals surface area contributed by atoms with Gasteiger partial charge in [0.25, 0.3) is 0 Å². The Balaban J connectivity index is 1.68. The lowest BCUT2D eigenvalue weighted by Gasteiger charge is -2.41. The van der Waals surface area contributed by atoms with E-state index in [1.165, 1.54) is 6.07 Å². The topological polar surface area (TPSA) is 59.9 Å². The predicted molar refractivity (Wildman–Crippen MR) is 90.9 cm³/mol. The molecule has 1 aliphatic carbocycles. The first-order valence-corrected chi connectivity index (χ1v) is 8.15. The van der Waals surface area contributed by atoms with Crippen molar-refractivity contribution in [1.29, 1.82) is 0 Å². The molecule has 0 unspecified atom stereocenters. The van der Waals surface area contributed by atoms with E-state index in [4.69, 9.17) is 4.74 Å². The number of hydrogen-bond donors (Lipinski definition) is 1. The van der Waals surface area contributed by atoms with Crippen molar-refractivity contribution in [3.05, 3.63) is 54.2 Å². The summed E-state index contributed by atoms with van der Waals surface area (Å²) in [6.45, 7) is 6.82. The Morgan fingerprint density at radius 2 is 2.17 bits per heavy atom. The molecule has 0 spiro atoms. The summed E-state index contributed by atoms with van der Waals surface area (Å²) in [5.74, 6) is 0.904. The number of nitrogens with one attached hydrogen (secondary N) is 1. The molecule has 0 amide bonds. The van der Waals surface area contributed by atoms with Crippen LogP contribution in [-0.2, 0) is 10.2 Å². The van der Waals surface area contributed by atoms with Crippen LogP contribution in [0.15, 0.2) is 37.0 Å². The van der Waals surface area contributed by atoms with Gasteiger partial charge in [-0.25, -0.2) is 4.39 Å². The average Bonchev–Trinajstić information content (AvgIpc) is 2.56. The van der Waals surface area contributed by atoms with Crippen molar-refractivity contribution in [2.75, 3.05) is 18.5 Å². The largest absolute Gasteiger partial charge is 0.492 e. The van der Waals surface area contributed by atoms with Crippen molar-refractivity contribution in [1.82, 2.24) is 15.2 Å². The van der Waals surface area contributed by atoms with Crippen LogP contribution in [0.2, 0.25) is 0 Å². The fourth-order valence-electron chi connectivity index (χ4n) is 2.96. The molecule has 5 nitrogen and oxygen atoms in total. The standard InChI is InChI=1S/C18H21FN4O/c1-3-24-13(2)15-7-8-16(23-22-15)21-12-18(9-5-10-18)17-14(19)6-4-11-20-17/h4,6-8,11H,2-3,5,9-10,12H2,1H3,(H,21,23). The molecule has 1 N–H and O–H groups in total. The Morgan fingerprint density at radius 1 is 1.33 bits per heavy atom. The van der Waals surface area contributed by atoms with Gasteiger partial charge < -0.3 is 10.1 Å². The van der Waals surface area contributed by atoms with Gasteiger partial charge in [-0.15, -0.1) is 10.2 Å². The average molecular weight is 328 g/mol. The number of pyridine rings is 1. The zero-order valence-corrected chi connectivity index (χ0v) is 13.8. The summed E-state index contributed by atoms with van der Waals surface area (Å²) in [7, 11) is 0. The summed E-state index contributed by atoms with van der Waals surface area (Å²) < 4.78 is 19.4. The summed E-state index contributed by atoms with van der Waals surface area (Å²) in [5.41, 5.74) is 0.884. The summed E-state index contributed by atoms with van der Waals surface area (Å²) in [4.78, 5) is 4.26. The number of ether oxygens (including phenoxy) is 1. The number of rotatable bonds is 7. The molecular weight excluding hydrogens is 307 g/mol. The molecule has 2 heterocycles. The molecule has 0 bridgehead atoms. The maximum atomic E-state index is 14.1. The number of anilines is 1. The van der Waals surface area contributed by atoms with E-state index in [2.05, 4.69) is 27.1 Å². The first kappa shape index (κ1) is 16.4. The minimum atomic E-state index is -0.263. The van der Waals surface area contributed by atoms with Crippen LogP contribution in [0.4, 0.5) is 10.2 Å². The van der Waals surface area contributed by atoms with Crippen LogP contribution in [0.1, 0.15) is 37.6 Å². The van der Waals surface area contributed by atoms with Gasteiger partial charge in [0.05, 0.1) is 12.3 Å². The van der Waals surface area contributed by atoms with E-state index in [1.807, 2.05) is 19.1 Å². The molecule has 0 aromatic carbocycles. The van der Waals surface area contributed by atoms with Gasteiger partial charge in [-0.05, 0) is 44.0 Å². The molecule has 3 rings (SSSR count). The molecule has 1 saturated carbocycles. The number of halogens is 1. The Kier molecular flexibility index (Phi) is 4.74. The molecule has 6 heteroatoms. The van der Waals surface area contributed by atoms with E-state index < -0.39 is 0 Å². The minimum absolute atomic E-state index is 0.242. The van der Waals surface area contributed by atoms with Crippen molar-refractivity contribution in [2.45, 2.75) is 31.6 Å². The van der Waals surface area contributed by atoms with Gasteiger partial charge in [0.1, 0.15) is 23.1 Å². The van der Waals surface area contributed by atoms with Crippen LogP contribution in [0.25, 0.3) is 5.76 Å². The smallest absolute Gasteiger partial charge is 0.148 e. The van der Waals surface area contributed by atoms with E-state index in [9.17, 15) is 4.39 Å². The Morgan fingerprint density at radius 3 is 2.75 bits per heavy atom. The van der Waals surface area contributed by atoms with Crippen LogP contribution >= 0.6 is 0 Å². The van der Waals surface area contributed by atoms with E-state index in [1.54, 1.807) is 12.3 Å². The van der Waals surface area contributed by atoms with Crippen LogP contribution in [0.5, 0.6) is 0 Å². The number of aromatic nitrogens is 3. The maximum absolute atomic E-state index is 14.1. The summed E-state index contributed by atoms with van der Waals surface area (Å²) in [6.07, 6.45) is 4.56. The van der Waals surface area contributed by atoms with Gasteiger partial charge in [-0.1, -0.05) is 13.0 Å². The van der Waals surface area contributed by atoms with E-state index in [0.717, 1.165) is 19.3 Å². The van der Waals surface area contributed by atoms with Gasteiger partial charge in [-0.2, -0.15) is 0 Å². The fourth-order valence-corrected chi connectivity index (χ4v) is 2.96. The highest BCUT2D eigenvalue weighted by Gasteiger charge is 2.41. The quantitative estimate of drug-likeness (QED) is 0.788. The summed E-state index contributed by atoms with van der Waals surface area (Å²) in [5, 5.41) is 11.5. The lowest BCUT2D eigenvalue weighted by Crippen LogP contribution is -2.42. The molecule has 0 aliphatic heterocycles. The third-order valence-electron chi connectivity index (χ3n) is 4.45. The second-order valence-electron chi connectivity index (χ2n) is 5.98. The lowest BCUT2D eigenvalue weighted by molar-refractivity contribution is 0.243. The van der Waals surface area contributed by atoms with E-state index in [-0.39, 0.29) is 11.2 Å². The first-order chi connectivity index (χ1) is 11.6. The van der Waals surface area contributed by atoms with Crippen molar-refractivity contribution >= 4 is 11.6 Å². The highest BCUT2D eigenvalue weighted by molar-refractivity contribution is 5.54. The maximum Gasteiger partial charge on any atom is 0.148 e. The molecule has 24 heavy (non-hydrogen) atoms. The van der Waals surface area contributed by atoms with Gasteiger partial charge >= 0.3 is 0 Å². The molecule has 2 aromatic heterocycles. The minimum Gasteiger partial charge on any atom is -0.492 e. The Labute approximate surface area is 141 Å². The second kappa shape index (κ2) is 6.95. The summed E-state index contributed by atoms with van der Waals surface area (Å²) >= 11 is 0. The zero-order valence-electron chi connectivity index (χ0n) is 13.8. The lowest BCUT2D eigenvalue weighted by atomic mass is 9.66. The van der Waals surface area contributed by atoms with E-state index in [0.29, 0.717) is 36.1 Å². The van der Waals surface area contributed by atoms with E-state index >= 15 is 0 Å². The number of hydrogen-bond acceptors (Lipinski definition) is 5. The highest BCUT2D eigenvalue weighted by Crippen LogP contribution is 2.43. The van der Waals surface area contributed by atoms with Crippen LogP contribution in [0, 0.1) is 5.82 Å². The molecule has 1 aliphatic rings. The van der Waals surface area contributed by atoms with Crippen molar-refractivity contribution < 1.29 is 9.13 Å². The molecule has 0 saturated heterocycles. The normalized spacial score (nSPS) is 15.4. The third-order valence-corrected chi connectivity index (χ3v) is 4.45. The highest BCUT2D eigenvalue weighted by atomic mass is 19.1. The SMILES string of the molecule is C=C(OCC)c1ccc(NCC2(c3ncccc3F)CCC2)nn1.